The SMILES string of the molecule is CCn1c(CC(=O)Nc2ccccc2OC)nnc1SCC(=O)Nc1cccc2ccccc12. The lowest BCUT2D eigenvalue weighted by atomic mass is 10.1. The number of anilines is 2. The van der Waals surface area contributed by atoms with Gasteiger partial charge in [-0.3, -0.25) is 9.59 Å². The van der Waals surface area contributed by atoms with Gasteiger partial charge in [0.25, 0.3) is 0 Å². The van der Waals surface area contributed by atoms with Crippen LogP contribution < -0.4 is 15.4 Å². The van der Waals surface area contributed by atoms with Crippen molar-refractivity contribution in [2.24, 2.45) is 0 Å². The van der Waals surface area contributed by atoms with Crippen LogP contribution in [-0.2, 0) is 22.6 Å². The number of hydrogen-bond donors (Lipinski definition) is 2. The first-order valence-corrected chi connectivity index (χ1v) is 11.8. The van der Waals surface area contributed by atoms with Crippen LogP contribution in [0.15, 0.2) is 71.9 Å². The summed E-state index contributed by atoms with van der Waals surface area (Å²) >= 11 is 1.29. The summed E-state index contributed by atoms with van der Waals surface area (Å²) < 4.78 is 7.12. The monoisotopic (exact) mass is 475 g/mol. The predicted molar refractivity (Wildman–Crippen MR) is 134 cm³/mol. The van der Waals surface area contributed by atoms with Crippen molar-refractivity contribution in [3.63, 3.8) is 0 Å². The molecule has 4 aromatic rings. The third-order valence-electron chi connectivity index (χ3n) is 5.21. The van der Waals surface area contributed by atoms with Crippen molar-refractivity contribution in [2.45, 2.75) is 25.0 Å². The number of rotatable bonds is 9. The lowest BCUT2D eigenvalue weighted by molar-refractivity contribution is -0.116. The van der Waals surface area contributed by atoms with Crippen molar-refractivity contribution in [3.8, 4) is 5.75 Å². The highest BCUT2D eigenvalue weighted by atomic mass is 32.2. The molecule has 0 radical (unpaired) electrons. The van der Waals surface area contributed by atoms with Crippen molar-refractivity contribution in [3.05, 3.63) is 72.6 Å². The molecule has 0 saturated heterocycles. The van der Waals surface area contributed by atoms with E-state index in [4.69, 9.17) is 4.74 Å². The Labute approximate surface area is 201 Å². The lowest BCUT2D eigenvalue weighted by Crippen LogP contribution is -2.18. The van der Waals surface area contributed by atoms with E-state index >= 15 is 0 Å². The highest BCUT2D eigenvalue weighted by molar-refractivity contribution is 7.99. The van der Waals surface area contributed by atoms with Crippen LogP contribution in [0.3, 0.4) is 0 Å². The summed E-state index contributed by atoms with van der Waals surface area (Å²) in [5, 5.41) is 16.9. The Bertz CT molecular complexity index is 1320. The Morgan fingerprint density at radius 1 is 0.912 bits per heavy atom. The van der Waals surface area contributed by atoms with Gasteiger partial charge in [-0.05, 0) is 30.5 Å². The number of hydrogen-bond acceptors (Lipinski definition) is 6. The zero-order chi connectivity index (χ0) is 23.9. The second-order valence-electron chi connectivity index (χ2n) is 7.43. The minimum absolute atomic E-state index is 0.0572. The fraction of sp³-hybridized carbons (Fsp3) is 0.200. The van der Waals surface area contributed by atoms with E-state index in [2.05, 4.69) is 20.8 Å². The maximum Gasteiger partial charge on any atom is 0.234 e. The van der Waals surface area contributed by atoms with Gasteiger partial charge in [-0.2, -0.15) is 0 Å². The molecule has 0 saturated carbocycles. The summed E-state index contributed by atoms with van der Waals surface area (Å²) in [5.41, 5.74) is 1.37. The molecule has 4 rings (SSSR count). The van der Waals surface area contributed by atoms with Crippen LogP contribution in [0, 0.1) is 0 Å². The molecule has 0 aliphatic heterocycles. The molecule has 8 nitrogen and oxygen atoms in total. The Balaban J connectivity index is 1.38. The smallest absolute Gasteiger partial charge is 0.234 e. The van der Waals surface area contributed by atoms with Crippen molar-refractivity contribution in [1.82, 2.24) is 14.8 Å². The molecule has 0 fully saturated rings. The molecule has 1 heterocycles. The van der Waals surface area contributed by atoms with Gasteiger partial charge in [-0.25, -0.2) is 0 Å². The largest absolute Gasteiger partial charge is 0.495 e. The first-order valence-electron chi connectivity index (χ1n) is 10.8. The fourth-order valence-electron chi connectivity index (χ4n) is 3.61. The number of nitrogens with zero attached hydrogens (tertiary/aromatic N) is 3. The van der Waals surface area contributed by atoms with Crippen molar-refractivity contribution >= 4 is 45.7 Å². The van der Waals surface area contributed by atoms with E-state index in [0.717, 1.165) is 16.5 Å². The van der Waals surface area contributed by atoms with Crippen molar-refractivity contribution < 1.29 is 14.3 Å². The van der Waals surface area contributed by atoms with Crippen LogP contribution in [0.2, 0.25) is 0 Å². The first kappa shape index (κ1) is 23.3. The summed E-state index contributed by atoms with van der Waals surface area (Å²) in [4.78, 5) is 25.2. The van der Waals surface area contributed by atoms with Crippen LogP contribution >= 0.6 is 11.8 Å². The van der Waals surface area contributed by atoms with E-state index in [1.807, 2.05) is 66.1 Å². The minimum atomic E-state index is -0.225. The zero-order valence-corrected chi connectivity index (χ0v) is 19.8. The van der Waals surface area contributed by atoms with E-state index in [9.17, 15) is 9.59 Å². The molecular formula is C25H25N5O3S. The molecule has 3 aromatic carbocycles. The van der Waals surface area contributed by atoms with Gasteiger partial charge in [-0.1, -0.05) is 60.3 Å². The Morgan fingerprint density at radius 3 is 2.44 bits per heavy atom. The molecule has 0 unspecified atom stereocenters. The summed E-state index contributed by atoms with van der Waals surface area (Å²) in [7, 11) is 1.55. The molecule has 0 aliphatic rings. The Hall–Kier alpha value is -3.85. The average Bonchev–Trinajstić information content (AvgIpc) is 3.24. The number of fused-ring (bicyclic) bond motifs is 1. The fourth-order valence-corrected chi connectivity index (χ4v) is 4.43. The number of aromatic nitrogens is 3. The zero-order valence-electron chi connectivity index (χ0n) is 18.9. The van der Waals surface area contributed by atoms with Gasteiger partial charge in [0.2, 0.25) is 11.8 Å². The standard InChI is InChI=1S/C25H25N5O3S/c1-3-30-22(15-23(31)27-20-12-6-7-14-21(20)33-2)28-29-25(30)34-16-24(32)26-19-13-8-10-17-9-4-5-11-18(17)19/h4-14H,3,15-16H2,1-2H3,(H,26,32)(H,27,31). The van der Waals surface area contributed by atoms with E-state index < -0.39 is 0 Å². The van der Waals surface area contributed by atoms with E-state index in [1.54, 1.807) is 19.2 Å². The molecule has 34 heavy (non-hydrogen) atoms. The molecule has 0 spiro atoms. The van der Waals surface area contributed by atoms with Crippen LogP contribution in [0.1, 0.15) is 12.7 Å². The van der Waals surface area contributed by atoms with Crippen LogP contribution in [-0.4, -0.2) is 39.4 Å². The molecule has 1 aromatic heterocycles. The second kappa shape index (κ2) is 10.8. The lowest BCUT2D eigenvalue weighted by Gasteiger charge is -2.11. The number of benzene rings is 3. The van der Waals surface area contributed by atoms with Crippen LogP contribution in [0.5, 0.6) is 5.75 Å². The van der Waals surface area contributed by atoms with E-state index in [0.29, 0.717) is 29.0 Å². The molecule has 9 heteroatoms. The summed E-state index contributed by atoms with van der Waals surface area (Å²) in [6.45, 7) is 2.53. The predicted octanol–water partition coefficient (Wildman–Crippen LogP) is 4.37. The van der Waals surface area contributed by atoms with Gasteiger partial charge in [0.15, 0.2) is 5.16 Å². The third kappa shape index (κ3) is 5.37. The molecule has 174 valence electrons. The first-order chi connectivity index (χ1) is 16.6. The quantitative estimate of drug-likeness (QED) is 0.349. The summed E-state index contributed by atoms with van der Waals surface area (Å²) in [5.74, 6) is 0.932. The number of ether oxygens (including phenoxy) is 1. The maximum absolute atomic E-state index is 12.6. The number of carbonyl (C=O) groups excluding carboxylic acids is 2. The molecule has 0 atom stereocenters. The van der Waals surface area contributed by atoms with Gasteiger partial charge in [0.05, 0.1) is 25.0 Å². The highest BCUT2D eigenvalue weighted by Crippen LogP contribution is 2.25. The summed E-state index contributed by atoms with van der Waals surface area (Å²) in [6, 6.07) is 20.9. The molecule has 2 N–H and O–H groups in total. The van der Waals surface area contributed by atoms with Gasteiger partial charge in [-0.15, -0.1) is 10.2 Å². The number of nitrogens with one attached hydrogen (secondary N) is 2. The number of carbonyl (C=O) groups is 2. The van der Waals surface area contributed by atoms with E-state index in [-0.39, 0.29) is 24.0 Å². The summed E-state index contributed by atoms with van der Waals surface area (Å²) in [6.07, 6.45) is 0.0572. The Kier molecular flexibility index (Phi) is 7.44. The van der Waals surface area contributed by atoms with Crippen LogP contribution in [0.25, 0.3) is 10.8 Å². The van der Waals surface area contributed by atoms with Crippen LogP contribution in [0.4, 0.5) is 11.4 Å². The number of para-hydroxylation sites is 2. The van der Waals surface area contributed by atoms with Crippen molar-refractivity contribution in [1.29, 1.82) is 0 Å². The maximum atomic E-state index is 12.6. The van der Waals surface area contributed by atoms with Gasteiger partial charge in [0, 0.05) is 17.6 Å². The number of methoxy groups -OCH3 is 1. The number of amides is 2. The highest BCUT2D eigenvalue weighted by Gasteiger charge is 2.17. The van der Waals surface area contributed by atoms with E-state index in [1.165, 1.54) is 11.8 Å². The average molecular weight is 476 g/mol. The molecule has 0 aliphatic carbocycles. The topological polar surface area (TPSA) is 98.1 Å². The Morgan fingerprint density at radius 2 is 1.62 bits per heavy atom. The van der Waals surface area contributed by atoms with Gasteiger partial charge in [0.1, 0.15) is 11.6 Å². The third-order valence-corrected chi connectivity index (χ3v) is 6.17. The van der Waals surface area contributed by atoms with Gasteiger partial charge >= 0.3 is 0 Å². The molecular weight excluding hydrogens is 450 g/mol. The molecule has 2 amide bonds. The van der Waals surface area contributed by atoms with Crippen molar-refractivity contribution in [2.75, 3.05) is 23.5 Å². The van der Waals surface area contributed by atoms with Gasteiger partial charge < -0.3 is 19.9 Å². The minimum Gasteiger partial charge on any atom is -0.495 e. The molecule has 0 bridgehead atoms. The second-order valence-corrected chi connectivity index (χ2v) is 8.37. The normalized spacial score (nSPS) is 10.8. The number of thioether (sulfide) groups is 1.